The number of rotatable bonds is 4. The summed E-state index contributed by atoms with van der Waals surface area (Å²) < 4.78 is 0. The molecule has 148 valence electrons. The lowest BCUT2D eigenvalue weighted by atomic mass is 9.97. The van der Waals surface area contributed by atoms with E-state index in [9.17, 15) is 9.59 Å². The number of hydrogen-bond donors (Lipinski definition) is 2. The Kier molecular flexibility index (Phi) is 5.76. The zero-order valence-corrected chi connectivity index (χ0v) is 16.4. The third kappa shape index (κ3) is 4.75. The molecular weight excluding hydrogens is 388 g/mol. The third-order valence-electron chi connectivity index (χ3n) is 4.64. The Labute approximate surface area is 172 Å². The van der Waals surface area contributed by atoms with Crippen molar-refractivity contribution in [1.82, 2.24) is 20.1 Å². The van der Waals surface area contributed by atoms with Gasteiger partial charge in [0.15, 0.2) is 5.01 Å². The number of benzene rings is 1. The maximum atomic E-state index is 12.6. The van der Waals surface area contributed by atoms with Gasteiger partial charge in [0.1, 0.15) is 5.69 Å². The number of hydrogen-bond acceptors (Lipinski definition) is 6. The Hall–Kier alpha value is -3.33. The Morgan fingerprint density at radius 3 is 2.66 bits per heavy atom. The maximum Gasteiger partial charge on any atom is 0.323 e. The predicted octanol–water partition coefficient (Wildman–Crippen LogP) is 3.48. The zero-order valence-electron chi connectivity index (χ0n) is 15.6. The molecular formula is C20H20N6O2S. The molecule has 1 saturated heterocycles. The fourth-order valence-corrected chi connectivity index (χ4v) is 3.89. The van der Waals surface area contributed by atoms with Crippen molar-refractivity contribution in [3.05, 3.63) is 54.7 Å². The average molecular weight is 408 g/mol. The van der Waals surface area contributed by atoms with E-state index in [1.54, 1.807) is 11.1 Å². The molecule has 4 rings (SSSR count). The van der Waals surface area contributed by atoms with Crippen LogP contribution in [0.4, 0.5) is 15.6 Å². The number of pyridine rings is 1. The van der Waals surface area contributed by atoms with Gasteiger partial charge in [0.05, 0.1) is 5.92 Å². The van der Waals surface area contributed by atoms with Crippen molar-refractivity contribution in [3.63, 3.8) is 0 Å². The van der Waals surface area contributed by atoms with Gasteiger partial charge >= 0.3 is 6.03 Å². The maximum absolute atomic E-state index is 12.6. The molecule has 1 aliphatic rings. The summed E-state index contributed by atoms with van der Waals surface area (Å²) in [5.41, 5.74) is 1.47. The molecule has 3 amide bonds. The van der Waals surface area contributed by atoms with Crippen LogP contribution in [0.25, 0.3) is 10.7 Å². The fraction of sp³-hybridized carbons (Fsp3) is 0.250. The first-order valence-corrected chi connectivity index (χ1v) is 10.2. The first-order valence-electron chi connectivity index (χ1n) is 9.36. The normalized spacial score (nSPS) is 16.3. The molecule has 3 aromatic rings. The Morgan fingerprint density at radius 2 is 1.86 bits per heavy atom. The molecule has 1 fully saturated rings. The van der Waals surface area contributed by atoms with Crippen LogP contribution < -0.4 is 10.6 Å². The molecule has 0 unspecified atom stereocenters. The van der Waals surface area contributed by atoms with Crippen molar-refractivity contribution in [1.29, 1.82) is 0 Å². The lowest BCUT2D eigenvalue weighted by Crippen LogP contribution is -2.45. The number of piperidine rings is 1. The van der Waals surface area contributed by atoms with E-state index >= 15 is 0 Å². The van der Waals surface area contributed by atoms with E-state index in [-0.39, 0.29) is 17.9 Å². The molecule has 2 aromatic heterocycles. The number of carbonyl (C=O) groups is 2. The molecule has 0 spiro atoms. The molecule has 8 nitrogen and oxygen atoms in total. The topological polar surface area (TPSA) is 100 Å². The second-order valence-corrected chi connectivity index (χ2v) is 7.68. The quantitative estimate of drug-likeness (QED) is 0.688. The summed E-state index contributed by atoms with van der Waals surface area (Å²) in [6.07, 6.45) is 3.21. The Morgan fingerprint density at radius 1 is 1.03 bits per heavy atom. The van der Waals surface area contributed by atoms with E-state index in [2.05, 4.69) is 25.8 Å². The van der Waals surface area contributed by atoms with E-state index in [4.69, 9.17) is 0 Å². The number of para-hydroxylation sites is 1. The first kappa shape index (κ1) is 19.0. The van der Waals surface area contributed by atoms with Crippen molar-refractivity contribution in [3.8, 4) is 10.7 Å². The van der Waals surface area contributed by atoms with Crippen LogP contribution in [0.5, 0.6) is 0 Å². The lowest BCUT2D eigenvalue weighted by Gasteiger charge is -2.31. The molecule has 0 bridgehead atoms. The van der Waals surface area contributed by atoms with E-state index in [1.165, 1.54) is 11.3 Å². The SMILES string of the molecule is O=C(Nc1ccccc1)[C@H]1CCCN(C(=O)Nc2nnc(-c3ccccn3)s2)C1. The number of anilines is 2. The lowest BCUT2D eigenvalue weighted by molar-refractivity contribution is -0.121. The smallest absolute Gasteiger partial charge is 0.323 e. The molecule has 1 atom stereocenters. The fourth-order valence-electron chi connectivity index (χ4n) is 3.18. The minimum atomic E-state index is -0.272. The Bertz CT molecular complexity index is 979. The highest BCUT2D eigenvalue weighted by atomic mass is 32.1. The van der Waals surface area contributed by atoms with Gasteiger partial charge in [0.2, 0.25) is 11.0 Å². The first-order chi connectivity index (χ1) is 14.2. The molecule has 1 aliphatic heterocycles. The molecule has 9 heteroatoms. The van der Waals surface area contributed by atoms with Gasteiger partial charge in [0, 0.05) is 25.0 Å². The summed E-state index contributed by atoms with van der Waals surface area (Å²) in [7, 11) is 0. The van der Waals surface area contributed by atoms with Crippen LogP contribution in [0.2, 0.25) is 0 Å². The second-order valence-electron chi connectivity index (χ2n) is 6.70. The molecule has 0 aliphatic carbocycles. The molecule has 2 N–H and O–H groups in total. The van der Waals surface area contributed by atoms with Crippen molar-refractivity contribution in [2.75, 3.05) is 23.7 Å². The van der Waals surface area contributed by atoms with Crippen molar-refractivity contribution >= 4 is 34.1 Å². The highest BCUT2D eigenvalue weighted by molar-refractivity contribution is 7.18. The highest BCUT2D eigenvalue weighted by Crippen LogP contribution is 2.25. The monoisotopic (exact) mass is 408 g/mol. The summed E-state index contributed by atoms with van der Waals surface area (Å²) in [5, 5.41) is 14.9. The van der Waals surface area contributed by atoms with E-state index in [1.807, 2.05) is 48.5 Å². The van der Waals surface area contributed by atoms with Gasteiger partial charge in [-0.15, -0.1) is 10.2 Å². The number of likely N-dealkylation sites (tertiary alicyclic amines) is 1. The van der Waals surface area contributed by atoms with Crippen LogP contribution in [0.1, 0.15) is 12.8 Å². The van der Waals surface area contributed by atoms with E-state index in [0.29, 0.717) is 28.9 Å². The molecule has 0 saturated carbocycles. The minimum Gasteiger partial charge on any atom is -0.326 e. The van der Waals surface area contributed by atoms with Gasteiger partial charge in [-0.25, -0.2) is 4.79 Å². The molecule has 1 aromatic carbocycles. The summed E-state index contributed by atoms with van der Waals surface area (Å²) in [5.74, 6) is -0.310. The number of urea groups is 1. The van der Waals surface area contributed by atoms with Gasteiger partial charge in [-0.05, 0) is 37.1 Å². The van der Waals surface area contributed by atoms with E-state index < -0.39 is 0 Å². The average Bonchev–Trinajstić information content (AvgIpc) is 3.23. The van der Waals surface area contributed by atoms with Crippen molar-refractivity contribution in [2.24, 2.45) is 5.92 Å². The largest absolute Gasteiger partial charge is 0.326 e. The van der Waals surface area contributed by atoms with Crippen LogP contribution in [0.3, 0.4) is 0 Å². The third-order valence-corrected chi connectivity index (χ3v) is 5.50. The highest BCUT2D eigenvalue weighted by Gasteiger charge is 2.29. The van der Waals surface area contributed by atoms with Gasteiger partial charge in [-0.2, -0.15) is 0 Å². The zero-order chi connectivity index (χ0) is 20.1. The molecule has 3 heterocycles. The number of carbonyl (C=O) groups excluding carboxylic acids is 2. The van der Waals surface area contributed by atoms with Gasteiger partial charge in [-0.1, -0.05) is 35.6 Å². The molecule has 0 radical (unpaired) electrons. The number of aromatic nitrogens is 3. The van der Waals surface area contributed by atoms with Crippen LogP contribution in [-0.2, 0) is 4.79 Å². The number of nitrogens with one attached hydrogen (secondary N) is 2. The number of nitrogens with zero attached hydrogens (tertiary/aromatic N) is 4. The van der Waals surface area contributed by atoms with Gasteiger partial charge in [0.25, 0.3) is 0 Å². The van der Waals surface area contributed by atoms with Crippen molar-refractivity contribution < 1.29 is 9.59 Å². The molecule has 29 heavy (non-hydrogen) atoms. The van der Waals surface area contributed by atoms with Gasteiger partial charge < -0.3 is 10.2 Å². The standard InChI is InChI=1S/C20H20N6O2S/c27-17(22-15-8-2-1-3-9-15)14-7-6-12-26(13-14)20(28)23-19-25-24-18(29-19)16-10-4-5-11-21-16/h1-5,8-11,14H,6-7,12-13H2,(H,22,27)(H,23,25,28)/t14-/m0/s1. The minimum absolute atomic E-state index is 0.0675. The van der Waals surface area contributed by atoms with Gasteiger partial charge in [-0.3, -0.25) is 15.1 Å². The van der Waals surface area contributed by atoms with Crippen LogP contribution in [0, 0.1) is 5.92 Å². The summed E-state index contributed by atoms with van der Waals surface area (Å²) in [4.78, 5) is 31.1. The summed E-state index contributed by atoms with van der Waals surface area (Å²) >= 11 is 1.26. The van der Waals surface area contributed by atoms with Crippen molar-refractivity contribution in [2.45, 2.75) is 12.8 Å². The summed E-state index contributed by atoms with van der Waals surface area (Å²) in [6.45, 7) is 0.975. The van der Waals surface area contributed by atoms with Crippen LogP contribution in [-0.4, -0.2) is 45.1 Å². The number of amides is 3. The van der Waals surface area contributed by atoms with Crippen LogP contribution >= 0.6 is 11.3 Å². The predicted molar refractivity (Wildman–Crippen MR) is 112 cm³/mol. The second kappa shape index (κ2) is 8.78. The summed E-state index contributed by atoms with van der Waals surface area (Å²) in [6, 6.07) is 14.6. The van der Waals surface area contributed by atoms with E-state index in [0.717, 1.165) is 18.5 Å². The van der Waals surface area contributed by atoms with Crippen LogP contribution in [0.15, 0.2) is 54.7 Å². The Balaban J connectivity index is 1.35.